The van der Waals surface area contributed by atoms with E-state index in [1.165, 1.54) is 34.0 Å². The minimum absolute atomic E-state index is 0.178. The highest BCUT2D eigenvalue weighted by molar-refractivity contribution is 8.15. The van der Waals surface area contributed by atoms with Crippen molar-refractivity contribution >= 4 is 38.3 Å². The van der Waals surface area contributed by atoms with Crippen LogP contribution in [0.25, 0.3) is 10.6 Å². The Labute approximate surface area is 125 Å². The number of nitrogens with zero attached hydrogens (tertiary/aromatic N) is 3. The van der Waals surface area contributed by atoms with Crippen molar-refractivity contribution in [1.29, 1.82) is 0 Å². The standard InChI is InChI=1S/C11H12N4O2S3/c1-15-7-9(10(13-15)8-3-2-5-18-8)20(16,17)14-11-12-4-6-19-11/h2-3,5,7H,4,6H2,1H3,(H,12,14). The van der Waals surface area contributed by atoms with E-state index >= 15 is 0 Å². The predicted octanol–water partition coefficient (Wildman–Crippen LogP) is 1.53. The molecule has 1 aliphatic heterocycles. The molecule has 3 rings (SSSR count). The average Bonchev–Trinajstić information content (AvgIpc) is 3.06. The lowest BCUT2D eigenvalue weighted by atomic mass is 10.3. The maximum atomic E-state index is 12.5. The number of aliphatic imine (C=N–C) groups is 1. The molecule has 0 amide bonds. The van der Waals surface area contributed by atoms with Crippen LogP contribution in [-0.4, -0.2) is 35.7 Å². The lowest BCUT2D eigenvalue weighted by Gasteiger charge is -2.06. The van der Waals surface area contributed by atoms with Crippen LogP contribution in [0.1, 0.15) is 0 Å². The summed E-state index contributed by atoms with van der Waals surface area (Å²) in [6.45, 7) is 0.646. The second-order valence-corrected chi connectivity index (χ2v) is 7.82. The van der Waals surface area contributed by atoms with E-state index in [9.17, 15) is 8.42 Å². The van der Waals surface area contributed by atoms with Crippen molar-refractivity contribution in [2.24, 2.45) is 12.0 Å². The number of nitrogens with one attached hydrogen (secondary N) is 1. The van der Waals surface area contributed by atoms with Crippen LogP contribution >= 0.6 is 23.1 Å². The quantitative estimate of drug-likeness (QED) is 0.927. The third-order valence-electron chi connectivity index (χ3n) is 2.65. The zero-order chi connectivity index (χ0) is 14.2. The second kappa shape index (κ2) is 5.23. The van der Waals surface area contributed by atoms with Crippen molar-refractivity contribution < 1.29 is 8.42 Å². The summed E-state index contributed by atoms with van der Waals surface area (Å²) in [5.41, 5.74) is 0.471. The third kappa shape index (κ3) is 2.60. The molecule has 2 aromatic heterocycles. The highest BCUT2D eigenvalue weighted by Crippen LogP contribution is 2.29. The second-order valence-electron chi connectivity index (χ2n) is 4.13. The number of thiophene rings is 1. The summed E-state index contributed by atoms with van der Waals surface area (Å²) in [4.78, 5) is 5.11. The Kier molecular flexibility index (Phi) is 3.57. The number of hydrogen-bond acceptors (Lipinski definition) is 6. The molecule has 0 atom stereocenters. The first-order chi connectivity index (χ1) is 9.56. The first kappa shape index (κ1) is 13.7. The molecule has 2 aromatic rings. The number of sulfonamides is 1. The van der Waals surface area contributed by atoms with E-state index in [0.717, 1.165) is 10.6 Å². The van der Waals surface area contributed by atoms with Gasteiger partial charge in [-0.1, -0.05) is 17.8 Å². The number of hydrogen-bond donors (Lipinski definition) is 1. The SMILES string of the molecule is Cn1cc(S(=O)(=O)NC2=NCCS2)c(-c2cccs2)n1. The molecule has 0 radical (unpaired) electrons. The minimum atomic E-state index is -3.66. The van der Waals surface area contributed by atoms with Crippen LogP contribution in [0.5, 0.6) is 0 Å². The van der Waals surface area contributed by atoms with Crippen molar-refractivity contribution in [2.45, 2.75) is 4.90 Å². The Morgan fingerprint density at radius 2 is 2.30 bits per heavy atom. The van der Waals surface area contributed by atoms with E-state index in [1.807, 2.05) is 17.5 Å². The topological polar surface area (TPSA) is 76.3 Å². The molecule has 3 heterocycles. The van der Waals surface area contributed by atoms with Gasteiger partial charge in [0.25, 0.3) is 10.0 Å². The first-order valence-electron chi connectivity index (χ1n) is 5.84. The summed E-state index contributed by atoms with van der Waals surface area (Å²) in [6, 6.07) is 3.73. The highest BCUT2D eigenvalue weighted by Gasteiger charge is 2.25. The number of aromatic nitrogens is 2. The van der Waals surface area contributed by atoms with Crippen LogP contribution in [-0.2, 0) is 17.1 Å². The molecule has 1 aliphatic rings. The van der Waals surface area contributed by atoms with Gasteiger partial charge >= 0.3 is 0 Å². The molecule has 106 valence electrons. The van der Waals surface area contributed by atoms with Crippen molar-refractivity contribution in [1.82, 2.24) is 14.5 Å². The fourth-order valence-corrected chi connectivity index (χ4v) is 4.83. The molecule has 0 aromatic carbocycles. The van der Waals surface area contributed by atoms with Gasteiger partial charge in [-0.15, -0.1) is 11.3 Å². The monoisotopic (exact) mass is 328 g/mol. The summed E-state index contributed by atoms with van der Waals surface area (Å²) in [7, 11) is -1.95. The van der Waals surface area contributed by atoms with Gasteiger partial charge in [0.1, 0.15) is 10.6 Å². The van der Waals surface area contributed by atoms with Gasteiger partial charge in [0.05, 0.1) is 11.4 Å². The van der Waals surface area contributed by atoms with Crippen molar-refractivity contribution in [3.63, 3.8) is 0 Å². The van der Waals surface area contributed by atoms with E-state index in [1.54, 1.807) is 7.05 Å². The van der Waals surface area contributed by atoms with Crippen LogP contribution < -0.4 is 4.72 Å². The molecule has 0 saturated heterocycles. The van der Waals surface area contributed by atoms with Gasteiger partial charge < -0.3 is 0 Å². The maximum absolute atomic E-state index is 12.5. The van der Waals surface area contributed by atoms with E-state index in [0.29, 0.717) is 17.4 Å². The maximum Gasteiger partial charge on any atom is 0.267 e. The largest absolute Gasteiger partial charge is 0.274 e. The zero-order valence-electron chi connectivity index (χ0n) is 10.6. The van der Waals surface area contributed by atoms with Crippen LogP contribution in [0.4, 0.5) is 0 Å². The Bertz CT molecular complexity index is 747. The highest BCUT2D eigenvalue weighted by atomic mass is 32.2. The van der Waals surface area contributed by atoms with Crippen LogP contribution in [0.3, 0.4) is 0 Å². The molecule has 20 heavy (non-hydrogen) atoms. The van der Waals surface area contributed by atoms with Crippen LogP contribution in [0, 0.1) is 0 Å². The molecular formula is C11H12N4O2S3. The van der Waals surface area contributed by atoms with E-state index < -0.39 is 10.0 Å². The molecule has 0 aliphatic carbocycles. The van der Waals surface area contributed by atoms with Gasteiger partial charge in [-0.25, -0.2) is 8.42 Å². The fourth-order valence-electron chi connectivity index (χ4n) is 1.81. The molecule has 6 nitrogen and oxygen atoms in total. The zero-order valence-corrected chi connectivity index (χ0v) is 13.1. The lowest BCUT2D eigenvalue weighted by Crippen LogP contribution is -2.27. The third-order valence-corrected chi connectivity index (χ3v) is 5.88. The van der Waals surface area contributed by atoms with Gasteiger partial charge in [-0.2, -0.15) is 5.10 Å². The van der Waals surface area contributed by atoms with Crippen LogP contribution in [0.2, 0.25) is 0 Å². The van der Waals surface area contributed by atoms with Crippen molar-refractivity contribution in [2.75, 3.05) is 12.3 Å². The van der Waals surface area contributed by atoms with E-state index in [2.05, 4.69) is 14.8 Å². The summed E-state index contributed by atoms with van der Waals surface area (Å²) < 4.78 is 29.0. The average molecular weight is 328 g/mol. The molecule has 1 N–H and O–H groups in total. The Morgan fingerprint density at radius 3 is 2.95 bits per heavy atom. The Morgan fingerprint density at radius 1 is 1.45 bits per heavy atom. The minimum Gasteiger partial charge on any atom is -0.274 e. The molecular weight excluding hydrogens is 316 g/mol. The van der Waals surface area contributed by atoms with Gasteiger partial charge in [0.2, 0.25) is 0 Å². The van der Waals surface area contributed by atoms with Gasteiger partial charge in [-0.05, 0) is 11.4 Å². The van der Waals surface area contributed by atoms with Crippen molar-refractivity contribution in [3.8, 4) is 10.6 Å². The van der Waals surface area contributed by atoms with Gasteiger partial charge in [-0.3, -0.25) is 14.4 Å². The Hall–Kier alpha value is -1.32. The van der Waals surface area contributed by atoms with Gasteiger partial charge in [0, 0.05) is 19.0 Å². The van der Waals surface area contributed by atoms with Crippen molar-refractivity contribution in [3.05, 3.63) is 23.7 Å². The number of aryl methyl sites for hydroxylation is 1. The lowest BCUT2D eigenvalue weighted by molar-refractivity contribution is 0.593. The Balaban J connectivity index is 2.01. The summed E-state index contributed by atoms with van der Waals surface area (Å²) in [5, 5.41) is 6.60. The van der Waals surface area contributed by atoms with E-state index in [-0.39, 0.29) is 4.90 Å². The van der Waals surface area contributed by atoms with E-state index in [4.69, 9.17) is 0 Å². The fraction of sp³-hybridized carbons (Fsp3) is 0.273. The summed E-state index contributed by atoms with van der Waals surface area (Å²) >= 11 is 2.87. The molecule has 9 heteroatoms. The molecule has 0 fully saturated rings. The van der Waals surface area contributed by atoms with Gasteiger partial charge in [0.15, 0.2) is 5.17 Å². The predicted molar refractivity (Wildman–Crippen MR) is 81.6 cm³/mol. The number of thioether (sulfide) groups is 1. The first-order valence-corrected chi connectivity index (χ1v) is 9.19. The molecule has 0 saturated carbocycles. The summed E-state index contributed by atoms with van der Waals surface area (Å²) in [6.07, 6.45) is 1.51. The smallest absolute Gasteiger partial charge is 0.267 e. The summed E-state index contributed by atoms with van der Waals surface area (Å²) in [5.74, 6) is 0.808. The molecule has 0 bridgehead atoms. The number of rotatable bonds is 3. The normalized spacial score (nSPS) is 15.3. The molecule has 0 unspecified atom stereocenters. The van der Waals surface area contributed by atoms with Crippen LogP contribution in [0.15, 0.2) is 33.6 Å². The number of amidine groups is 1. The molecule has 0 spiro atoms.